The van der Waals surface area contributed by atoms with Gasteiger partial charge in [-0.2, -0.15) is 13.2 Å². The zero-order valence-electron chi connectivity index (χ0n) is 10.2. The molecule has 0 saturated carbocycles. The Morgan fingerprint density at radius 2 is 1.84 bits per heavy atom. The van der Waals surface area contributed by atoms with Gasteiger partial charge in [-0.3, -0.25) is 14.5 Å². The Morgan fingerprint density at radius 3 is 2.32 bits per heavy atom. The van der Waals surface area contributed by atoms with Gasteiger partial charge in [0.15, 0.2) is 0 Å². The smallest absolute Gasteiger partial charge is 0.471 e. The first-order chi connectivity index (χ1) is 8.80. The molecule has 1 aliphatic heterocycles. The summed E-state index contributed by atoms with van der Waals surface area (Å²) in [5.74, 6) is -3.59. The van der Waals surface area contributed by atoms with Crippen LogP contribution in [0.25, 0.3) is 0 Å². The van der Waals surface area contributed by atoms with Crippen molar-refractivity contribution in [3.63, 3.8) is 0 Å². The third-order valence-electron chi connectivity index (χ3n) is 2.65. The molecule has 1 fully saturated rings. The molecule has 1 aliphatic rings. The summed E-state index contributed by atoms with van der Waals surface area (Å²) in [7, 11) is 0. The number of nitrogens with zero attached hydrogens (tertiary/aromatic N) is 2. The summed E-state index contributed by atoms with van der Waals surface area (Å²) in [5.41, 5.74) is 0. The van der Waals surface area contributed by atoms with E-state index in [1.165, 1.54) is 0 Å². The van der Waals surface area contributed by atoms with Crippen molar-refractivity contribution in [2.24, 2.45) is 0 Å². The van der Waals surface area contributed by atoms with Gasteiger partial charge in [-0.25, -0.2) is 0 Å². The fraction of sp³-hybridized carbons (Fsp3) is 0.800. The topological polar surface area (TPSA) is 70.1 Å². The van der Waals surface area contributed by atoms with Gasteiger partial charge in [0.25, 0.3) is 0 Å². The average Bonchev–Trinajstić information content (AvgIpc) is 2.33. The van der Waals surface area contributed by atoms with Crippen molar-refractivity contribution in [3.8, 4) is 0 Å². The number of aliphatic carboxylic acids is 1. The van der Waals surface area contributed by atoms with Gasteiger partial charge >= 0.3 is 18.1 Å². The maximum atomic E-state index is 12.3. The van der Waals surface area contributed by atoms with Crippen LogP contribution in [-0.4, -0.2) is 78.9 Å². The Hall–Kier alpha value is -1.35. The van der Waals surface area contributed by atoms with Gasteiger partial charge in [-0.05, 0) is 0 Å². The Labute approximate surface area is 107 Å². The zero-order valence-corrected chi connectivity index (χ0v) is 10.2. The summed E-state index contributed by atoms with van der Waals surface area (Å²) < 4.78 is 42.0. The largest absolute Gasteiger partial charge is 0.480 e. The number of hydrogen-bond acceptors (Lipinski definition) is 4. The van der Waals surface area contributed by atoms with Crippen LogP contribution in [0.3, 0.4) is 0 Å². The van der Waals surface area contributed by atoms with Crippen molar-refractivity contribution in [1.29, 1.82) is 0 Å². The Kier molecular flexibility index (Phi) is 5.55. The molecule has 0 atom stereocenters. The number of rotatable bonds is 5. The van der Waals surface area contributed by atoms with Crippen molar-refractivity contribution >= 4 is 11.9 Å². The number of carboxylic acid groups (broad SMARTS) is 1. The maximum absolute atomic E-state index is 12.3. The highest BCUT2D eigenvalue weighted by atomic mass is 19.4. The molecular weight excluding hydrogens is 269 g/mol. The molecule has 1 amide bonds. The van der Waals surface area contributed by atoms with Crippen LogP contribution in [0, 0.1) is 0 Å². The van der Waals surface area contributed by atoms with Crippen LogP contribution < -0.4 is 0 Å². The molecule has 0 spiro atoms. The van der Waals surface area contributed by atoms with E-state index >= 15 is 0 Å². The summed E-state index contributed by atoms with van der Waals surface area (Å²) in [5, 5.41) is 8.54. The monoisotopic (exact) mass is 284 g/mol. The quantitative estimate of drug-likeness (QED) is 0.757. The number of ether oxygens (including phenoxy) is 1. The molecule has 0 unspecified atom stereocenters. The van der Waals surface area contributed by atoms with E-state index in [0.29, 0.717) is 31.2 Å². The van der Waals surface area contributed by atoms with Crippen molar-refractivity contribution in [2.45, 2.75) is 6.18 Å². The van der Waals surface area contributed by atoms with Crippen LogP contribution in [-0.2, 0) is 14.3 Å². The highest BCUT2D eigenvalue weighted by Gasteiger charge is 2.42. The number of carboxylic acids is 1. The van der Waals surface area contributed by atoms with E-state index in [2.05, 4.69) is 0 Å². The maximum Gasteiger partial charge on any atom is 0.471 e. The van der Waals surface area contributed by atoms with E-state index in [4.69, 9.17) is 9.84 Å². The SMILES string of the molecule is O=C(O)CN(CCN1CCOCC1)C(=O)C(F)(F)F. The van der Waals surface area contributed by atoms with E-state index in [9.17, 15) is 22.8 Å². The predicted octanol–water partition coefficient (Wildman–Crippen LogP) is -0.206. The lowest BCUT2D eigenvalue weighted by molar-refractivity contribution is -0.186. The summed E-state index contributed by atoms with van der Waals surface area (Å²) in [4.78, 5) is 23.7. The number of alkyl halides is 3. The molecule has 1 saturated heterocycles. The van der Waals surface area contributed by atoms with Gasteiger partial charge in [0.05, 0.1) is 13.2 Å². The molecule has 6 nitrogen and oxygen atoms in total. The lowest BCUT2D eigenvalue weighted by atomic mass is 10.3. The number of carbonyl (C=O) groups excluding carboxylic acids is 1. The van der Waals surface area contributed by atoms with E-state index in [1.807, 2.05) is 4.90 Å². The minimum absolute atomic E-state index is 0.193. The van der Waals surface area contributed by atoms with Crippen LogP contribution in [0.5, 0.6) is 0 Å². The van der Waals surface area contributed by atoms with Gasteiger partial charge in [-0.15, -0.1) is 0 Å². The number of hydrogen-bond donors (Lipinski definition) is 1. The molecular formula is C10H15F3N2O4. The highest BCUT2D eigenvalue weighted by molar-refractivity contribution is 5.85. The van der Waals surface area contributed by atoms with Gasteiger partial charge in [-0.1, -0.05) is 0 Å². The van der Waals surface area contributed by atoms with Crippen LogP contribution in [0.1, 0.15) is 0 Å². The molecule has 0 aromatic carbocycles. The first kappa shape index (κ1) is 15.7. The zero-order chi connectivity index (χ0) is 14.5. The van der Waals surface area contributed by atoms with Crippen molar-refractivity contribution in [3.05, 3.63) is 0 Å². The molecule has 0 bridgehead atoms. The second-order valence-electron chi connectivity index (χ2n) is 4.07. The van der Waals surface area contributed by atoms with Gasteiger partial charge < -0.3 is 14.7 Å². The molecule has 1 heterocycles. The Balaban J connectivity index is 2.53. The number of amides is 1. The fourth-order valence-electron chi connectivity index (χ4n) is 1.68. The van der Waals surface area contributed by atoms with Crippen LogP contribution in [0.4, 0.5) is 13.2 Å². The third kappa shape index (κ3) is 5.43. The standard InChI is InChI=1S/C10H15F3N2O4/c11-10(12,13)9(18)15(7-8(16)17)2-1-14-3-5-19-6-4-14/h1-7H2,(H,16,17). The first-order valence-corrected chi connectivity index (χ1v) is 5.68. The third-order valence-corrected chi connectivity index (χ3v) is 2.65. The van der Waals surface area contributed by atoms with Crippen LogP contribution in [0.15, 0.2) is 0 Å². The molecule has 0 radical (unpaired) electrons. The van der Waals surface area contributed by atoms with Gasteiger partial charge in [0.2, 0.25) is 0 Å². The fourth-order valence-corrected chi connectivity index (χ4v) is 1.68. The summed E-state index contributed by atoms with van der Waals surface area (Å²) >= 11 is 0. The van der Waals surface area contributed by atoms with Crippen molar-refractivity contribution in [2.75, 3.05) is 45.9 Å². The molecule has 110 valence electrons. The molecule has 1 rings (SSSR count). The van der Waals surface area contributed by atoms with Crippen LogP contribution in [0.2, 0.25) is 0 Å². The minimum atomic E-state index is -5.06. The lowest BCUT2D eigenvalue weighted by Gasteiger charge is -2.29. The van der Waals surface area contributed by atoms with E-state index in [0.717, 1.165) is 0 Å². The number of halogens is 3. The lowest BCUT2D eigenvalue weighted by Crippen LogP contribution is -2.48. The molecule has 0 aromatic heterocycles. The summed E-state index contributed by atoms with van der Waals surface area (Å²) in [6.45, 7) is 1.03. The minimum Gasteiger partial charge on any atom is -0.480 e. The summed E-state index contributed by atoms with van der Waals surface area (Å²) in [6, 6.07) is 0. The number of carbonyl (C=O) groups is 2. The second-order valence-corrected chi connectivity index (χ2v) is 4.07. The second kappa shape index (κ2) is 6.71. The molecule has 1 N–H and O–H groups in total. The molecule has 0 aromatic rings. The van der Waals surface area contributed by atoms with E-state index < -0.39 is 24.6 Å². The van der Waals surface area contributed by atoms with Crippen molar-refractivity contribution in [1.82, 2.24) is 9.80 Å². The molecule has 9 heteroatoms. The average molecular weight is 284 g/mol. The first-order valence-electron chi connectivity index (χ1n) is 5.68. The van der Waals surface area contributed by atoms with Gasteiger partial charge in [0, 0.05) is 26.2 Å². The predicted molar refractivity (Wildman–Crippen MR) is 57.5 cm³/mol. The van der Waals surface area contributed by atoms with E-state index in [-0.39, 0.29) is 13.1 Å². The normalized spacial score (nSPS) is 17.2. The Bertz CT molecular complexity index is 329. The van der Waals surface area contributed by atoms with E-state index in [1.54, 1.807) is 0 Å². The molecule has 19 heavy (non-hydrogen) atoms. The number of morpholine rings is 1. The van der Waals surface area contributed by atoms with Gasteiger partial charge in [0.1, 0.15) is 6.54 Å². The van der Waals surface area contributed by atoms with Crippen LogP contribution >= 0.6 is 0 Å². The van der Waals surface area contributed by atoms with Crippen molar-refractivity contribution < 1.29 is 32.6 Å². The highest BCUT2D eigenvalue weighted by Crippen LogP contribution is 2.18. The Morgan fingerprint density at radius 1 is 1.26 bits per heavy atom. The molecule has 0 aliphatic carbocycles. The summed E-state index contributed by atoms with van der Waals surface area (Å²) in [6.07, 6.45) is -5.06.